The highest BCUT2D eigenvalue weighted by molar-refractivity contribution is 5.74. The van der Waals surface area contributed by atoms with E-state index in [1.165, 1.54) is 11.1 Å². The van der Waals surface area contributed by atoms with Gasteiger partial charge in [0.05, 0.1) is 24.9 Å². The van der Waals surface area contributed by atoms with Crippen molar-refractivity contribution in [1.29, 1.82) is 0 Å². The van der Waals surface area contributed by atoms with E-state index in [4.69, 9.17) is 4.74 Å². The highest BCUT2D eigenvalue weighted by Gasteiger charge is 2.15. The lowest BCUT2D eigenvalue weighted by atomic mass is 9.99. The van der Waals surface area contributed by atoms with E-state index in [2.05, 4.69) is 47.8 Å². The van der Waals surface area contributed by atoms with Gasteiger partial charge in [0.25, 0.3) is 0 Å². The van der Waals surface area contributed by atoms with E-state index in [9.17, 15) is 4.79 Å². The smallest absolute Gasteiger partial charge is 0.315 e. The lowest BCUT2D eigenvalue weighted by molar-refractivity contribution is 0.240. The molecule has 24 heavy (non-hydrogen) atoms. The lowest BCUT2D eigenvalue weighted by Crippen LogP contribution is -2.37. The number of benzene rings is 1. The van der Waals surface area contributed by atoms with Crippen molar-refractivity contribution in [2.45, 2.75) is 33.2 Å². The highest BCUT2D eigenvalue weighted by atomic mass is 16.5. The number of hydrogen-bond donors (Lipinski definition) is 2. The summed E-state index contributed by atoms with van der Waals surface area (Å²) < 4.78 is 7.00. The van der Waals surface area contributed by atoms with Crippen molar-refractivity contribution in [2.75, 3.05) is 13.7 Å². The van der Waals surface area contributed by atoms with Crippen molar-refractivity contribution < 1.29 is 9.53 Å². The second-order valence-corrected chi connectivity index (χ2v) is 6.08. The number of ether oxygens (including phenoxy) is 1. The van der Waals surface area contributed by atoms with E-state index in [-0.39, 0.29) is 11.9 Å². The maximum Gasteiger partial charge on any atom is 0.315 e. The second kappa shape index (κ2) is 7.86. The molecule has 1 atom stereocenters. The molecule has 0 unspecified atom stereocenters. The minimum atomic E-state index is -0.195. The molecule has 0 aliphatic rings. The molecule has 2 rings (SSSR count). The number of methoxy groups -OCH3 is 1. The van der Waals surface area contributed by atoms with Crippen LogP contribution in [-0.2, 0) is 13.6 Å². The van der Waals surface area contributed by atoms with Crippen LogP contribution in [0.4, 0.5) is 4.79 Å². The Hall–Kier alpha value is -2.50. The summed E-state index contributed by atoms with van der Waals surface area (Å²) in [5.74, 6) is 0.922. The molecule has 0 saturated heterocycles. The minimum Gasteiger partial charge on any atom is -0.481 e. The fourth-order valence-corrected chi connectivity index (χ4v) is 2.71. The molecule has 0 spiro atoms. The average molecular weight is 330 g/mol. The molecule has 1 heterocycles. The summed E-state index contributed by atoms with van der Waals surface area (Å²) in [5.41, 5.74) is 4.19. The SMILES string of the molecule is COc1c(CNC(=O)NC[C@H](C)c2cccc(C)c2)c(C)nn1C. The molecule has 0 fully saturated rings. The van der Waals surface area contributed by atoms with Crippen LogP contribution >= 0.6 is 0 Å². The first-order valence-corrected chi connectivity index (χ1v) is 8.07. The molecule has 2 amide bonds. The van der Waals surface area contributed by atoms with Crippen molar-refractivity contribution in [3.8, 4) is 5.88 Å². The Morgan fingerprint density at radius 1 is 1.33 bits per heavy atom. The van der Waals surface area contributed by atoms with Gasteiger partial charge in [-0.1, -0.05) is 36.8 Å². The minimum absolute atomic E-state index is 0.195. The molecule has 0 saturated carbocycles. The molecule has 1 aromatic carbocycles. The third kappa shape index (κ3) is 4.28. The van der Waals surface area contributed by atoms with Crippen LogP contribution in [0.15, 0.2) is 24.3 Å². The van der Waals surface area contributed by atoms with Crippen LogP contribution in [0.1, 0.15) is 35.2 Å². The van der Waals surface area contributed by atoms with Crippen LogP contribution < -0.4 is 15.4 Å². The van der Waals surface area contributed by atoms with Crippen LogP contribution in [0.2, 0.25) is 0 Å². The zero-order valence-corrected chi connectivity index (χ0v) is 15.0. The van der Waals surface area contributed by atoms with Gasteiger partial charge >= 0.3 is 6.03 Å². The molecule has 6 heteroatoms. The van der Waals surface area contributed by atoms with Crippen LogP contribution in [0.5, 0.6) is 5.88 Å². The van der Waals surface area contributed by atoms with Gasteiger partial charge in [0.2, 0.25) is 5.88 Å². The number of nitrogens with zero attached hydrogens (tertiary/aromatic N) is 2. The van der Waals surface area contributed by atoms with Crippen molar-refractivity contribution in [2.24, 2.45) is 7.05 Å². The van der Waals surface area contributed by atoms with Crippen molar-refractivity contribution >= 4 is 6.03 Å². The fraction of sp³-hybridized carbons (Fsp3) is 0.444. The first-order valence-electron chi connectivity index (χ1n) is 8.07. The van der Waals surface area contributed by atoms with E-state index in [1.54, 1.807) is 11.8 Å². The maximum absolute atomic E-state index is 12.0. The van der Waals surface area contributed by atoms with Crippen molar-refractivity contribution in [3.05, 3.63) is 46.6 Å². The number of rotatable bonds is 6. The van der Waals surface area contributed by atoms with Gasteiger partial charge in [0.1, 0.15) is 0 Å². The summed E-state index contributed by atoms with van der Waals surface area (Å²) in [4.78, 5) is 12.0. The molecule has 0 bridgehead atoms. The highest BCUT2D eigenvalue weighted by Crippen LogP contribution is 2.20. The third-order valence-corrected chi connectivity index (χ3v) is 4.09. The Bertz CT molecular complexity index is 709. The largest absolute Gasteiger partial charge is 0.481 e. The number of aryl methyl sites for hydroxylation is 3. The van der Waals surface area contributed by atoms with E-state index in [0.717, 1.165) is 11.3 Å². The van der Waals surface area contributed by atoms with Gasteiger partial charge in [-0.2, -0.15) is 5.10 Å². The van der Waals surface area contributed by atoms with Gasteiger partial charge in [-0.25, -0.2) is 9.48 Å². The van der Waals surface area contributed by atoms with Gasteiger partial charge in [0, 0.05) is 13.6 Å². The van der Waals surface area contributed by atoms with E-state index in [0.29, 0.717) is 19.0 Å². The molecule has 1 aromatic heterocycles. The molecule has 0 aliphatic heterocycles. The number of urea groups is 1. The topological polar surface area (TPSA) is 68.2 Å². The molecule has 0 radical (unpaired) electrons. The van der Waals surface area contributed by atoms with Crippen molar-refractivity contribution in [3.63, 3.8) is 0 Å². The Kier molecular flexibility index (Phi) is 5.84. The molecule has 6 nitrogen and oxygen atoms in total. The summed E-state index contributed by atoms with van der Waals surface area (Å²) in [6.45, 7) is 7.03. The van der Waals surface area contributed by atoms with Gasteiger partial charge < -0.3 is 15.4 Å². The Balaban J connectivity index is 1.86. The van der Waals surface area contributed by atoms with Crippen molar-refractivity contribution in [1.82, 2.24) is 20.4 Å². The summed E-state index contributed by atoms with van der Waals surface area (Å²) in [7, 11) is 3.42. The lowest BCUT2D eigenvalue weighted by Gasteiger charge is -2.14. The summed E-state index contributed by atoms with van der Waals surface area (Å²) >= 11 is 0. The summed E-state index contributed by atoms with van der Waals surface area (Å²) in [6.07, 6.45) is 0. The van der Waals surface area contributed by atoms with E-state index < -0.39 is 0 Å². The predicted molar refractivity (Wildman–Crippen MR) is 94.3 cm³/mol. The van der Waals surface area contributed by atoms with Crippen LogP contribution in [0.25, 0.3) is 0 Å². The fourth-order valence-electron chi connectivity index (χ4n) is 2.71. The monoisotopic (exact) mass is 330 g/mol. The molecule has 0 aliphatic carbocycles. The Morgan fingerprint density at radius 3 is 2.75 bits per heavy atom. The molecular weight excluding hydrogens is 304 g/mol. The van der Waals surface area contributed by atoms with E-state index in [1.807, 2.05) is 20.0 Å². The second-order valence-electron chi connectivity index (χ2n) is 6.08. The number of carbonyl (C=O) groups excluding carboxylic acids is 1. The number of carbonyl (C=O) groups is 1. The third-order valence-electron chi connectivity index (χ3n) is 4.09. The quantitative estimate of drug-likeness (QED) is 0.855. The number of amides is 2. The van der Waals surface area contributed by atoms with Gasteiger partial charge in [-0.3, -0.25) is 0 Å². The molecule has 2 aromatic rings. The number of hydrogen-bond acceptors (Lipinski definition) is 3. The zero-order chi connectivity index (χ0) is 17.7. The number of nitrogens with one attached hydrogen (secondary N) is 2. The Morgan fingerprint density at radius 2 is 2.08 bits per heavy atom. The number of aromatic nitrogens is 2. The molecular formula is C18H26N4O2. The summed E-state index contributed by atoms with van der Waals surface area (Å²) in [5, 5.41) is 10.1. The normalized spacial score (nSPS) is 11.9. The maximum atomic E-state index is 12.0. The average Bonchev–Trinajstić information content (AvgIpc) is 2.83. The van der Waals surface area contributed by atoms with Crippen LogP contribution in [0, 0.1) is 13.8 Å². The van der Waals surface area contributed by atoms with Gasteiger partial charge in [-0.05, 0) is 25.3 Å². The standard InChI is InChI=1S/C18H26N4O2/c1-12-7-6-8-15(9-12)13(2)10-19-18(23)20-11-16-14(3)21-22(4)17(16)24-5/h6-9,13H,10-11H2,1-5H3,(H2,19,20,23)/t13-/m0/s1. The van der Waals surface area contributed by atoms with Gasteiger partial charge in [0.15, 0.2) is 0 Å². The van der Waals surface area contributed by atoms with Gasteiger partial charge in [-0.15, -0.1) is 0 Å². The van der Waals surface area contributed by atoms with E-state index >= 15 is 0 Å². The zero-order valence-electron chi connectivity index (χ0n) is 15.0. The molecule has 130 valence electrons. The van der Waals surface area contributed by atoms with Crippen LogP contribution in [0.3, 0.4) is 0 Å². The predicted octanol–water partition coefficient (Wildman–Crippen LogP) is 2.65. The first kappa shape index (κ1) is 17.8. The Labute approximate surface area is 143 Å². The van der Waals surface area contributed by atoms with Crippen LogP contribution in [-0.4, -0.2) is 29.5 Å². The summed E-state index contributed by atoms with van der Waals surface area (Å²) in [6, 6.07) is 8.15. The molecule has 2 N–H and O–H groups in total. The first-order chi connectivity index (χ1) is 11.4.